The third kappa shape index (κ3) is 6.95. The molecule has 2 heterocycles. The number of piperazine rings is 1. The molecule has 1 N–H and O–H groups in total. The van der Waals surface area contributed by atoms with Crippen LogP contribution in [0.4, 0.5) is 0 Å². The maximum Gasteiger partial charge on any atom is 0.236 e. The molecule has 0 aromatic heterocycles. The van der Waals surface area contributed by atoms with Crippen molar-refractivity contribution < 1.29 is 9.59 Å². The van der Waals surface area contributed by atoms with Crippen molar-refractivity contribution in [3.8, 4) is 0 Å². The van der Waals surface area contributed by atoms with E-state index in [4.69, 9.17) is 0 Å². The second-order valence-electron chi connectivity index (χ2n) is 9.65. The van der Waals surface area contributed by atoms with Gasteiger partial charge in [0.1, 0.15) is 0 Å². The molecule has 184 valence electrons. The second kappa shape index (κ2) is 13.0. The summed E-state index contributed by atoms with van der Waals surface area (Å²) in [5, 5.41) is 3.51. The summed E-state index contributed by atoms with van der Waals surface area (Å²) in [6, 6.07) is 0. The predicted octanol–water partition coefficient (Wildman–Crippen LogP) is 1.85. The highest BCUT2D eigenvalue weighted by Gasteiger charge is 2.42. The fourth-order valence-corrected chi connectivity index (χ4v) is 5.30. The van der Waals surface area contributed by atoms with Gasteiger partial charge in [-0.3, -0.25) is 19.5 Å². The van der Waals surface area contributed by atoms with Gasteiger partial charge in [-0.1, -0.05) is 25.7 Å². The van der Waals surface area contributed by atoms with E-state index in [1.165, 1.54) is 12.8 Å². The maximum absolute atomic E-state index is 12.8. The fourth-order valence-electron chi connectivity index (χ4n) is 5.30. The first-order valence-corrected chi connectivity index (χ1v) is 12.1. The first kappa shape index (κ1) is 27.1. The quantitative estimate of drug-likeness (QED) is 0.315. The Morgan fingerprint density at radius 2 is 1.47 bits per heavy atom. The Kier molecular flexibility index (Phi) is 11.0. The summed E-state index contributed by atoms with van der Waals surface area (Å²) in [5.74, 6) is 1.38. The Morgan fingerprint density at radius 1 is 0.875 bits per heavy atom. The van der Waals surface area contributed by atoms with Crippen LogP contribution in [-0.4, -0.2) is 111 Å². The predicted molar refractivity (Wildman–Crippen MR) is 139 cm³/mol. The van der Waals surface area contributed by atoms with Crippen molar-refractivity contribution in [2.45, 2.75) is 51.4 Å². The third-order valence-corrected chi connectivity index (χ3v) is 7.21. The minimum Gasteiger partial charge on any atom is -0.355 e. The zero-order chi connectivity index (χ0) is 22.3. The first-order chi connectivity index (χ1) is 14.9. The van der Waals surface area contributed by atoms with Crippen molar-refractivity contribution >= 4 is 41.8 Å². The first-order valence-electron chi connectivity index (χ1n) is 12.1. The number of carbonyl (C=O) groups excluding carboxylic acids is 2. The van der Waals surface area contributed by atoms with E-state index < -0.39 is 0 Å². The van der Waals surface area contributed by atoms with Crippen molar-refractivity contribution in [1.82, 2.24) is 24.9 Å². The van der Waals surface area contributed by atoms with Crippen LogP contribution in [0.15, 0.2) is 4.99 Å². The van der Waals surface area contributed by atoms with Crippen LogP contribution in [0.5, 0.6) is 0 Å². The van der Waals surface area contributed by atoms with Gasteiger partial charge in [-0.2, -0.15) is 0 Å². The van der Waals surface area contributed by atoms with E-state index in [-0.39, 0.29) is 41.2 Å². The van der Waals surface area contributed by atoms with E-state index in [0.29, 0.717) is 13.1 Å². The lowest BCUT2D eigenvalue weighted by Crippen LogP contribution is -2.56. The van der Waals surface area contributed by atoms with Crippen LogP contribution in [0, 0.1) is 5.41 Å². The number of hydrogen-bond acceptors (Lipinski definition) is 4. The van der Waals surface area contributed by atoms with Crippen molar-refractivity contribution in [2.75, 3.05) is 73.5 Å². The molecular weight excluding hydrogens is 519 g/mol. The second-order valence-corrected chi connectivity index (χ2v) is 9.65. The van der Waals surface area contributed by atoms with Gasteiger partial charge in [-0.15, -0.1) is 24.0 Å². The minimum atomic E-state index is -0.305. The van der Waals surface area contributed by atoms with E-state index in [0.717, 1.165) is 83.8 Å². The number of amides is 2. The molecule has 0 radical (unpaired) electrons. The molecule has 0 unspecified atom stereocenters. The normalized spacial score (nSPS) is 22.2. The van der Waals surface area contributed by atoms with Crippen LogP contribution in [-0.2, 0) is 9.59 Å². The molecule has 8 nitrogen and oxygen atoms in total. The summed E-state index contributed by atoms with van der Waals surface area (Å²) in [6.45, 7) is 6.43. The number of guanidine groups is 1. The standard InChI is InChI=1S/C23H42N6O2.HI/c1-24-22(25-19-23(10-6-7-11-23)21(31)26(2)3)29-16-14-27(15-17-29)18-20(30)28-12-8-4-5-9-13-28;/h4-19H2,1-3H3,(H,24,25);1H. The molecule has 3 fully saturated rings. The molecular formula is C23H43IN6O2. The Morgan fingerprint density at radius 3 is 2.00 bits per heavy atom. The van der Waals surface area contributed by atoms with Gasteiger partial charge in [-0.05, 0) is 25.7 Å². The summed E-state index contributed by atoms with van der Waals surface area (Å²) in [6.07, 6.45) is 8.89. The van der Waals surface area contributed by atoms with E-state index in [2.05, 4.69) is 25.0 Å². The molecule has 0 aromatic rings. The van der Waals surface area contributed by atoms with Gasteiger partial charge in [0.15, 0.2) is 5.96 Å². The highest BCUT2D eigenvalue weighted by Crippen LogP contribution is 2.39. The number of halogens is 1. The van der Waals surface area contributed by atoms with E-state index in [1.807, 2.05) is 21.1 Å². The van der Waals surface area contributed by atoms with Crippen molar-refractivity contribution in [3.05, 3.63) is 0 Å². The molecule has 9 heteroatoms. The van der Waals surface area contributed by atoms with Crippen LogP contribution in [0.3, 0.4) is 0 Å². The molecule has 2 aliphatic heterocycles. The number of nitrogens with one attached hydrogen (secondary N) is 1. The van der Waals surface area contributed by atoms with Crippen LogP contribution < -0.4 is 5.32 Å². The number of hydrogen-bond donors (Lipinski definition) is 1. The lowest BCUT2D eigenvalue weighted by atomic mass is 9.84. The largest absolute Gasteiger partial charge is 0.355 e. The molecule has 2 saturated heterocycles. The van der Waals surface area contributed by atoms with Crippen molar-refractivity contribution in [1.29, 1.82) is 0 Å². The maximum atomic E-state index is 12.8. The van der Waals surface area contributed by atoms with Crippen LogP contribution in [0.25, 0.3) is 0 Å². The summed E-state index contributed by atoms with van der Waals surface area (Å²) in [5.41, 5.74) is -0.305. The Bertz CT molecular complexity index is 634. The lowest BCUT2D eigenvalue weighted by Gasteiger charge is -2.38. The molecule has 32 heavy (non-hydrogen) atoms. The van der Waals surface area contributed by atoms with Crippen LogP contribution >= 0.6 is 24.0 Å². The Balaban J connectivity index is 0.00000363. The van der Waals surface area contributed by atoms with Gasteiger partial charge in [0.2, 0.25) is 11.8 Å². The highest BCUT2D eigenvalue weighted by molar-refractivity contribution is 14.0. The summed E-state index contributed by atoms with van der Waals surface area (Å²) < 4.78 is 0. The number of carbonyl (C=O) groups is 2. The van der Waals surface area contributed by atoms with Gasteiger partial charge >= 0.3 is 0 Å². The van der Waals surface area contributed by atoms with Crippen molar-refractivity contribution in [2.24, 2.45) is 10.4 Å². The number of likely N-dealkylation sites (tertiary alicyclic amines) is 1. The van der Waals surface area contributed by atoms with Gasteiger partial charge in [-0.25, -0.2) is 0 Å². The third-order valence-electron chi connectivity index (χ3n) is 7.21. The highest BCUT2D eigenvalue weighted by atomic mass is 127. The topological polar surface area (TPSA) is 71.5 Å². The van der Waals surface area contributed by atoms with E-state index >= 15 is 0 Å². The molecule has 0 aromatic carbocycles. The van der Waals surface area contributed by atoms with Gasteiger partial charge in [0.05, 0.1) is 12.0 Å². The molecule has 3 aliphatic rings. The molecule has 1 aliphatic carbocycles. The number of nitrogens with zero attached hydrogens (tertiary/aromatic N) is 5. The SMILES string of the molecule is CN=C(NCC1(C(=O)N(C)C)CCCC1)N1CCN(CC(=O)N2CCCCCC2)CC1.I. The number of rotatable bonds is 5. The average Bonchev–Trinajstić information content (AvgIpc) is 3.08. The Labute approximate surface area is 211 Å². The summed E-state index contributed by atoms with van der Waals surface area (Å²) >= 11 is 0. The molecule has 0 bridgehead atoms. The van der Waals surface area contributed by atoms with Gasteiger partial charge < -0.3 is 20.0 Å². The monoisotopic (exact) mass is 562 g/mol. The fraction of sp³-hybridized carbons (Fsp3) is 0.870. The summed E-state index contributed by atoms with van der Waals surface area (Å²) in [4.78, 5) is 38.3. The van der Waals surface area contributed by atoms with Gasteiger partial charge in [0.25, 0.3) is 0 Å². The van der Waals surface area contributed by atoms with Crippen LogP contribution in [0.1, 0.15) is 51.4 Å². The molecule has 0 atom stereocenters. The minimum absolute atomic E-state index is 0. The van der Waals surface area contributed by atoms with E-state index in [9.17, 15) is 9.59 Å². The van der Waals surface area contributed by atoms with Gasteiger partial charge in [0, 0.05) is 67.0 Å². The molecule has 1 saturated carbocycles. The number of aliphatic imine (C=N–C) groups is 1. The Hall–Kier alpha value is -1.10. The smallest absolute Gasteiger partial charge is 0.236 e. The zero-order valence-electron chi connectivity index (χ0n) is 20.3. The van der Waals surface area contributed by atoms with Crippen molar-refractivity contribution in [3.63, 3.8) is 0 Å². The lowest BCUT2D eigenvalue weighted by molar-refractivity contribution is -0.139. The van der Waals surface area contributed by atoms with Crippen LogP contribution in [0.2, 0.25) is 0 Å². The van der Waals surface area contributed by atoms with E-state index in [1.54, 1.807) is 4.90 Å². The molecule has 0 spiro atoms. The summed E-state index contributed by atoms with van der Waals surface area (Å²) in [7, 11) is 5.51. The molecule has 3 rings (SSSR count). The average molecular weight is 563 g/mol. The molecule has 2 amide bonds. The zero-order valence-corrected chi connectivity index (χ0v) is 22.6.